The van der Waals surface area contributed by atoms with E-state index in [1.54, 1.807) is 0 Å². The molecule has 0 bridgehead atoms. The SMILES string of the molecule is CC/C=C/C/C=C/C/C=C/CCCCCCCC(=O)O[C@@H](COC(=O)CCCCCCCCCCC/C=C/CCCCCCCC)COC(=O)CCCCCCCCCCCCCCCC. The number of carbonyl (C=O) groups is 3. The van der Waals surface area contributed by atoms with Gasteiger partial charge < -0.3 is 14.2 Å². The summed E-state index contributed by atoms with van der Waals surface area (Å²) in [5.41, 5.74) is 0. The van der Waals surface area contributed by atoms with Gasteiger partial charge in [-0.05, 0) is 77.0 Å². The maximum atomic E-state index is 12.8. The van der Waals surface area contributed by atoms with Gasteiger partial charge in [0.05, 0.1) is 0 Å². The van der Waals surface area contributed by atoms with E-state index in [1.165, 1.54) is 161 Å². The van der Waals surface area contributed by atoms with Crippen LogP contribution in [0, 0.1) is 0 Å². The molecule has 0 saturated carbocycles. The van der Waals surface area contributed by atoms with Crippen molar-refractivity contribution in [2.75, 3.05) is 13.2 Å². The Morgan fingerprint density at radius 1 is 0.318 bits per heavy atom. The largest absolute Gasteiger partial charge is 0.462 e. The zero-order chi connectivity index (χ0) is 47.9. The molecule has 0 aromatic rings. The fourth-order valence-corrected chi connectivity index (χ4v) is 8.28. The number of esters is 3. The van der Waals surface area contributed by atoms with E-state index in [-0.39, 0.29) is 31.1 Å². The third-order valence-electron chi connectivity index (χ3n) is 12.6. The summed E-state index contributed by atoms with van der Waals surface area (Å²) in [5, 5.41) is 0. The van der Waals surface area contributed by atoms with Crippen molar-refractivity contribution in [3.05, 3.63) is 48.6 Å². The molecule has 6 heteroatoms. The Morgan fingerprint density at radius 2 is 0.591 bits per heavy atom. The predicted molar refractivity (Wildman–Crippen MR) is 284 cm³/mol. The summed E-state index contributed by atoms with van der Waals surface area (Å²) in [6.07, 6.45) is 66.7. The first-order valence-corrected chi connectivity index (χ1v) is 28.6. The molecule has 0 spiro atoms. The molecule has 66 heavy (non-hydrogen) atoms. The molecule has 0 aliphatic carbocycles. The van der Waals surface area contributed by atoms with E-state index in [2.05, 4.69) is 69.4 Å². The van der Waals surface area contributed by atoms with Crippen LogP contribution >= 0.6 is 0 Å². The van der Waals surface area contributed by atoms with Crippen molar-refractivity contribution in [1.29, 1.82) is 0 Å². The number of hydrogen-bond acceptors (Lipinski definition) is 6. The summed E-state index contributed by atoms with van der Waals surface area (Å²) >= 11 is 0. The van der Waals surface area contributed by atoms with Crippen molar-refractivity contribution < 1.29 is 28.6 Å². The lowest BCUT2D eigenvalue weighted by atomic mass is 10.0. The number of allylic oxidation sites excluding steroid dienone is 8. The minimum atomic E-state index is -0.780. The molecule has 0 saturated heterocycles. The van der Waals surface area contributed by atoms with Crippen LogP contribution < -0.4 is 0 Å². The third kappa shape index (κ3) is 52.3. The highest BCUT2D eigenvalue weighted by atomic mass is 16.6. The minimum absolute atomic E-state index is 0.0778. The van der Waals surface area contributed by atoms with Gasteiger partial charge in [0.2, 0.25) is 0 Å². The Balaban J connectivity index is 4.35. The van der Waals surface area contributed by atoms with Gasteiger partial charge in [0.15, 0.2) is 6.10 Å². The topological polar surface area (TPSA) is 78.9 Å². The van der Waals surface area contributed by atoms with E-state index in [0.29, 0.717) is 19.3 Å². The van der Waals surface area contributed by atoms with Crippen molar-refractivity contribution in [3.8, 4) is 0 Å². The molecule has 0 aromatic heterocycles. The quantitative estimate of drug-likeness (QED) is 0.0262. The van der Waals surface area contributed by atoms with Gasteiger partial charge in [0, 0.05) is 19.3 Å². The summed E-state index contributed by atoms with van der Waals surface area (Å²) in [6, 6.07) is 0. The van der Waals surface area contributed by atoms with Crippen molar-refractivity contribution in [1.82, 2.24) is 0 Å². The number of ether oxygens (including phenoxy) is 3. The van der Waals surface area contributed by atoms with Gasteiger partial charge >= 0.3 is 17.9 Å². The van der Waals surface area contributed by atoms with E-state index in [1.807, 2.05) is 0 Å². The van der Waals surface area contributed by atoms with Crippen molar-refractivity contribution in [2.24, 2.45) is 0 Å². The van der Waals surface area contributed by atoms with Crippen LogP contribution in [0.15, 0.2) is 48.6 Å². The number of rotatable bonds is 52. The molecule has 0 aliphatic rings. The van der Waals surface area contributed by atoms with E-state index in [9.17, 15) is 14.4 Å². The van der Waals surface area contributed by atoms with Gasteiger partial charge in [0.1, 0.15) is 13.2 Å². The summed E-state index contributed by atoms with van der Waals surface area (Å²) < 4.78 is 16.9. The number of carbonyl (C=O) groups excluding carboxylic acids is 3. The number of unbranched alkanes of at least 4 members (excludes halogenated alkanes) is 33. The zero-order valence-corrected chi connectivity index (χ0v) is 44.0. The van der Waals surface area contributed by atoms with Gasteiger partial charge in [-0.3, -0.25) is 14.4 Å². The fourth-order valence-electron chi connectivity index (χ4n) is 8.28. The monoisotopic (exact) mass is 925 g/mol. The fraction of sp³-hybridized carbons (Fsp3) is 0.817. The standard InChI is InChI=1S/C60H108O6/c1-4-7-10-13-16-19-22-25-28-29-30-31-33-35-38-41-44-47-50-53-59(62)65-56-57(55-64-58(61)52-49-46-43-40-37-34-27-24-21-18-15-12-9-6-3)66-60(63)54-51-48-45-42-39-36-32-26-23-20-17-14-11-8-5-2/h8,11,17,20,25-26,28,32,57H,4-7,9-10,12-16,18-19,21-24,27,29-31,33-56H2,1-3H3/b11-8+,20-17+,28-25+,32-26+/t57-/m1/s1. The molecule has 0 unspecified atom stereocenters. The third-order valence-corrected chi connectivity index (χ3v) is 12.6. The average molecular weight is 926 g/mol. The van der Waals surface area contributed by atoms with Crippen LogP contribution in [0.1, 0.15) is 297 Å². The van der Waals surface area contributed by atoms with Crippen molar-refractivity contribution in [3.63, 3.8) is 0 Å². The first-order chi connectivity index (χ1) is 32.5. The Hall–Kier alpha value is -2.63. The molecule has 0 aromatic carbocycles. The van der Waals surface area contributed by atoms with E-state index in [0.717, 1.165) is 96.3 Å². The summed E-state index contributed by atoms with van der Waals surface area (Å²) in [5.74, 6) is -0.883. The van der Waals surface area contributed by atoms with Gasteiger partial charge in [-0.25, -0.2) is 0 Å². The highest BCUT2D eigenvalue weighted by Gasteiger charge is 2.19. The molecule has 0 heterocycles. The predicted octanol–water partition coefficient (Wildman–Crippen LogP) is 19.0. The maximum absolute atomic E-state index is 12.8. The van der Waals surface area contributed by atoms with E-state index < -0.39 is 6.10 Å². The normalized spacial score (nSPS) is 12.3. The molecule has 0 aliphatic heterocycles. The molecule has 0 fully saturated rings. The highest BCUT2D eigenvalue weighted by Crippen LogP contribution is 2.16. The minimum Gasteiger partial charge on any atom is -0.462 e. The summed E-state index contributed by atoms with van der Waals surface area (Å²) in [6.45, 7) is 6.54. The van der Waals surface area contributed by atoms with Crippen LogP contribution in [-0.2, 0) is 28.6 Å². The first-order valence-electron chi connectivity index (χ1n) is 28.6. The molecular formula is C60H108O6. The molecule has 0 radical (unpaired) electrons. The van der Waals surface area contributed by atoms with Gasteiger partial charge in [-0.1, -0.05) is 249 Å². The smallest absolute Gasteiger partial charge is 0.306 e. The Morgan fingerprint density at radius 3 is 0.939 bits per heavy atom. The molecule has 384 valence electrons. The Labute approximate surface area is 409 Å². The molecule has 1 atom stereocenters. The maximum Gasteiger partial charge on any atom is 0.306 e. The second kappa shape index (κ2) is 55.0. The lowest BCUT2D eigenvalue weighted by Gasteiger charge is -2.18. The van der Waals surface area contributed by atoms with Crippen molar-refractivity contribution in [2.45, 2.75) is 303 Å². The van der Waals surface area contributed by atoms with E-state index in [4.69, 9.17) is 14.2 Å². The summed E-state index contributed by atoms with van der Waals surface area (Å²) in [7, 11) is 0. The van der Waals surface area contributed by atoms with Crippen LogP contribution in [0.5, 0.6) is 0 Å². The van der Waals surface area contributed by atoms with Gasteiger partial charge in [-0.15, -0.1) is 0 Å². The lowest BCUT2D eigenvalue weighted by molar-refractivity contribution is -0.167. The molecule has 0 amide bonds. The van der Waals surface area contributed by atoms with E-state index >= 15 is 0 Å². The second-order valence-corrected chi connectivity index (χ2v) is 19.2. The molecule has 0 N–H and O–H groups in total. The average Bonchev–Trinajstić information content (AvgIpc) is 3.31. The highest BCUT2D eigenvalue weighted by molar-refractivity contribution is 5.71. The van der Waals surface area contributed by atoms with Crippen LogP contribution in [0.25, 0.3) is 0 Å². The molecular weight excluding hydrogens is 817 g/mol. The Bertz CT molecular complexity index is 1150. The van der Waals surface area contributed by atoms with Crippen LogP contribution in [0.4, 0.5) is 0 Å². The lowest BCUT2D eigenvalue weighted by Crippen LogP contribution is -2.30. The second-order valence-electron chi connectivity index (χ2n) is 19.2. The summed E-state index contributed by atoms with van der Waals surface area (Å²) in [4.78, 5) is 38.1. The van der Waals surface area contributed by atoms with Crippen LogP contribution in [0.2, 0.25) is 0 Å². The van der Waals surface area contributed by atoms with Crippen LogP contribution in [-0.4, -0.2) is 37.2 Å². The van der Waals surface area contributed by atoms with Gasteiger partial charge in [-0.2, -0.15) is 0 Å². The zero-order valence-electron chi connectivity index (χ0n) is 44.0. The molecule has 0 rings (SSSR count). The Kier molecular flexibility index (Phi) is 52.8. The first kappa shape index (κ1) is 63.4. The molecule has 6 nitrogen and oxygen atoms in total. The van der Waals surface area contributed by atoms with Crippen LogP contribution in [0.3, 0.4) is 0 Å². The van der Waals surface area contributed by atoms with Gasteiger partial charge in [0.25, 0.3) is 0 Å². The van der Waals surface area contributed by atoms with Crippen molar-refractivity contribution >= 4 is 17.9 Å². The number of hydrogen-bond donors (Lipinski definition) is 0.